The number of nitrogens with one attached hydrogen (secondary N) is 1. The van der Waals surface area contributed by atoms with E-state index in [1.165, 1.54) is 6.08 Å². The van der Waals surface area contributed by atoms with Crippen LogP contribution in [0.15, 0.2) is 35.9 Å². The third kappa shape index (κ3) is 5.38. The zero-order valence-electron chi connectivity index (χ0n) is 11.5. The van der Waals surface area contributed by atoms with Crippen molar-refractivity contribution < 1.29 is 14.3 Å². The number of carbonyl (C=O) groups is 2. The molecule has 19 heavy (non-hydrogen) atoms. The van der Waals surface area contributed by atoms with Crippen LogP contribution in [0.25, 0.3) is 0 Å². The normalized spacial score (nSPS) is 9.63. The lowest BCUT2D eigenvalue weighted by Crippen LogP contribution is -2.09. The van der Waals surface area contributed by atoms with Gasteiger partial charge in [0, 0.05) is 11.8 Å². The van der Waals surface area contributed by atoms with Crippen LogP contribution in [0, 0.1) is 0 Å². The maximum atomic E-state index is 11.6. The Morgan fingerprint density at radius 3 is 2.37 bits per heavy atom. The number of hydrogen-bond acceptors (Lipinski definition) is 3. The minimum Gasteiger partial charge on any atom is -0.462 e. The molecule has 0 atom stereocenters. The number of amides is 1. The summed E-state index contributed by atoms with van der Waals surface area (Å²) in [7, 11) is 0. The molecule has 0 fully saturated rings. The number of ether oxygens (including phenoxy) is 1. The van der Waals surface area contributed by atoms with Gasteiger partial charge in [-0.3, -0.25) is 4.79 Å². The molecule has 4 nitrogen and oxygen atoms in total. The van der Waals surface area contributed by atoms with Gasteiger partial charge in [-0.05, 0) is 44.5 Å². The molecule has 1 N–H and O–H groups in total. The fourth-order valence-electron chi connectivity index (χ4n) is 1.41. The van der Waals surface area contributed by atoms with Crippen molar-refractivity contribution in [2.24, 2.45) is 0 Å². The molecular formula is C15H19NO3. The first-order valence-electron chi connectivity index (χ1n) is 6.26. The van der Waals surface area contributed by atoms with E-state index in [1.807, 2.05) is 20.8 Å². The Morgan fingerprint density at radius 2 is 1.84 bits per heavy atom. The lowest BCUT2D eigenvalue weighted by Gasteiger charge is -2.05. The smallest absolute Gasteiger partial charge is 0.338 e. The first-order valence-corrected chi connectivity index (χ1v) is 6.26. The number of allylic oxidation sites excluding steroid dienone is 1. The highest BCUT2D eigenvalue weighted by atomic mass is 16.5. The molecule has 0 heterocycles. The number of esters is 1. The van der Waals surface area contributed by atoms with Gasteiger partial charge in [0.1, 0.15) is 0 Å². The van der Waals surface area contributed by atoms with Gasteiger partial charge in [-0.25, -0.2) is 4.79 Å². The highest BCUT2D eigenvalue weighted by Crippen LogP contribution is 2.11. The highest BCUT2D eigenvalue weighted by Gasteiger charge is 2.06. The molecule has 0 radical (unpaired) electrons. The molecule has 0 saturated carbocycles. The van der Waals surface area contributed by atoms with E-state index in [0.29, 0.717) is 17.9 Å². The van der Waals surface area contributed by atoms with Gasteiger partial charge in [-0.1, -0.05) is 12.5 Å². The molecule has 0 aliphatic rings. The first-order chi connectivity index (χ1) is 9.02. The van der Waals surface area contributed by atoms with Crippen molar-refractivity contribution in [2.45, 2.75) is 27.2 Å². The van der Waals surface area contributed by atoms with Crippen LogP contribution in [0.4, 0.5) is 5.69 Å². The van der Waals surface area contributed by atoms with Gasteiger partial charge >= 0.3 is 5.97 Å². The second-order valence-electron chi connectivity index (χ2n) is 4.42. The summed E-state index contributed by atoms with van der Waals surface area (Å²) in [5, 5.41) is 2.72. The third-order valence-corrected chi connectivity index (χ3v) is 2.25. The van der Waals surface area contributed by atoms with Crippen LogP contribution in [0.2, 0.25) is 0 Å². The number of benzene rings is 1. The largest absolute Gasteiger partial charge is 0.462 e. The SMILES string of the molecule is CCCOC(=O)c1ccc(NC(=O)C=C(C)C)cc1. The first kappa shape index (κ1) is 15.0. The van der Waals surface area contributed by atoms with Crippen LogP contribution in [-0.4, -0.2) is 18.5 Å². The van der Waals surface area contributed by atoms with Gasteiger partial charge in [0.2, 0.25) is 5.91 Å². The summed E-state index contributed by atoms with van der Waals surface area (Å²) in [6.07, 6.45) is 2.31. The van der Waals surface area contributed by atoms with Crippen LogP contribution in [-0.2, 0) is 9.53 Å². The van der Waals surface area contributed by atoms with E-state index < -0.39 is 0 Å². The van der Waals surface area contributed by atoms with Gasteiger partial charge < -0.3 is 10.1 Å². The van der Waals surface area contributed by atoms with Crippen molar-refractivity contribution in [1.82, 2.24) is 0 Å². The van der Waals surface area contributed by atoms with Crippen molar-refractivity contribution in [3.8, 4) is 0 Å². The molecule has 0 saturated heterocycles. The zero-order valence-corrected chi connectivity index (χ0v) is 11.5. The maximum absolute atomic E-state index is 11.6. The van der Waals surface area contributed by atoms with E-state index in [9.17, 15) is 9.59 Å². The predicted molar refractivity (Wildman–Crippen MR) is 75.1 cm³/mol. The Balaban J connectivity index is 2.64. The summed E-state index contributed by atoms with van der Waals surface area (Å²) in [4.78, 5) is 23.1. The molecule has 4 heteroatoms. The molecular weight excluding hydrogens is 242 g/mol. The van der Waals surface area contributed by atoms with Crippen molar-refractivity contribution >= 4 is 17.6 Å². The molecule has 0 aromatic heterocycles. The van der Waals surface area contributed by atoms with E-state index in [-0.39, 0.29) is 11.9 Å². The lowest BCUT2D eigenvalue weighted by atomic mass is 10.2. The van der Waals surface area contributed by atoms with Crippen LogP contribution < -0.4 is 5.32 Å². The summed E-state index contributed by atoms with van der Waals surface area (Å²) in [6, 6.07) is 6.63. The minimum absolute atomic E-state index is 0.179. The molecule has 0 bridgehead atoms. The Morgan fingerprint density at radius 1 is 1.21 bits per heavy atom. The summed E-state index contributed by atoms with van der Waals surface area (Å²) >= 11 is 0. The Kier molecular flexibility index (Phi) is 5.79. The van der Waals surface area contributed by atoms with E-state index in [4.69, 9.17) is 4.74 Å². The predicted octanol–water partition coefficient (Wildman–Crippen LogP) is 3.16. The standard InChI is InChI=1S/C15H19NO3/c1-4-9-19-15(18)12-5-7-13(8-6-12)16-14(17)10-11(2)3/h5-8,10H,4,9H2,1-3H3,(H,16,17). The second kappa shape index (κ2) is 7.36. The average molecular weight is 261 g/mol. The third-order valence-electron chi connectivity index (χ3n) is 2.25. The fourth-order valence-corrected chi connectivity index (χ4v) is 1.41. The van der Waals surface area contributed by atoms with Gasteiger partial charge in [0.05, 0.1) is 12.2 Å². The van der Waals surface area contributed by atoms with Crippen molar-refractivity contribution in [1.29, 1.82) is 0 Å². The highest BCUT2D eigenvalue weighted by molar-refractivity contribution is 6.00. The van der Waals surface area contributed by atoms with Crippen LogP contribution in [0.5, 0.6) is 0 Å². The van der Waals surface area contributed by atoms with Crippen molar-refractivity contribution in [3.05, 3.63) is 41.5 Å². The summed E-state index contributed by atoms with van der Waals surface area (Å²) in [6.45, 7) is 6.06. The molecule has 1 amide bonds. The van der Waals surface area contributed by atoms with Crippen LogP contribution in [0.1, 0.15) is 37.6 Å². The number of carbonyl (C=O) groups excluding carboxylic acids is 2. The van der Waals surface area contributed by atoms with Gasteiger partial charge in [0.25, 0.3) is 0 Å². The van der Waals surface area contributed by atoms with Crippen LogP contribution in [0.3, 0.4) is 0 Å². The van der Waals surface area contributed by atoms with Crippen LogP contribution >= 0.6 is 0 Å². The molecule has 1 aromatic carbocycles. The summed E-state index contributed by atoms with van der Waals surface area (Å²) in [5.41, 5.74) is 2.06. The monoisotopic (exact) mass is 261 g/mol. The average Bonchev–Trinajstić information content (AvgIpc) is 2.35. The van der Waals surface area contributed by atoms with E-state index >= 15 is 0 Å². The Bertz CT molecular complexity index is 471. The minimum atomic E-state index is -0.343. The van der Waals surface area contributed by atoms with E-state index in [2.05, 4.69) is 5.32 Å². The lowest BCUT2D eigenvalue weighted by molar-refractivity contribution is -0.111. The molecule has 1 rings (SSSR count). The molecule has 0 aliphatic heterocycles. The van der Waals surface area contributed by atoms with Crippen molar-refractivity contribution in [2.75, 3.05) is 11.9 Å². The number of hydrogen-bond donors (Lipinski definition) is 1. The molecule has 0 aliphatic carbocycles. The topological polar surface area (TPSA) is 55.4 Å². The van der Waals surface area contributed by atoms with Crippen molar-refractivity contribution in [3.63, 3.8) is 0 Å². The maximum Gasteiger partial charge on any atom is 0.338 e. The fraction of sp³-hybridized carbons (Fsp3) is 0.333. The Labute approximate surface area is 113 Å². The summed E-state index contributed by atoms with van der Waals surface area (Å²) in [5.74, 6) is -0.523. The van der Waals surface area contributed by atoms with E-state index in [0.717, 1.165) is 12.0 Å². The molecule has 102 valence electrons. The summed E-state index contributed by atoms with van der Waals surface area (Å²) < 4.78 is 5.02. The van der Waals surface area contributed by atoms with Gasteiger partial charge in [0.15, 0.2) is 0 Å². The van der Waals surface area contributed by atoms with E-state index in [1.54, 1.807) is 24.3 Å². The number of rotatable bonds is 5. The van der Waals surface area contributed by atoms with Gasteiger partial charge in [-0.2, -0.15) is 0 Å². The quantitative estimate of drug-likeness (QED) is 0.654. The zero-order chi connectivity index (χ0) is 14.3. The molecule has 0 spiro atoms. The number of anilines is 1. The second-order valence-corrected chi connectivity index (χ2v) is 4.42. The molecule has 1 aromatic rings. The van der Waals surface area contributed by atoms with Gasteiger partial charge in [-0.15, -0.1) is 0 Å². The Hall–Kier alpha value is -2.10. The molecule has 0 unspecified atom stereocenters.